The Balaban J connectivity index is 1.33. The van der Waals surface area contributed by atoms with E-state index in [0.29, 0.717) is 36.5 Å². The summed E-state index contributed by atoms with van der Waals surface area (Å²) >= 11 is 1.26. The van der Waals surface area contributed by atoms with Crippen LogP contribution in [0.2, 0.25) is 0 Å². The molecule has 0 bridgehead atoms. The molecule has 1 saturated heterocycles. The predicted octanol–water partition coefficient (Wildman–Crippen LogP) is 1.49. The molecule has 2 amide bonds. The van der Waals surface area contributed by atoms with E-state index in [1.165, 1.54) is 11.3 Å². The van der Waals surface area contributed by atoms with Crippen molar-refractivity contribution < 1.29 is 14.3 Å². The Bertz CT molecular complexity index is 849. The summed E-state index contributed by atoms with van der Waals surface area (Å²) < 4.78 is 5.10. The monoisotopic (exact) mass is 446 g/mol. The number of rotatable bonds is 10. The van der Waals surface area contributed by atoms with Crippen LogP contribution < -0.4 is 15.4 Å². The van der Waals surface area contributed by atoms with Crippen molar-refractivity contribution in [2.75, 3.05) is 58.7 Å². The minimum atomic E-state index is -0.296. The number of methoxy groups -OCH3 is 1. The molecule has 9 nitrogen and oxygen atoms in total. The van der Waals surface area contributed by atoms with Gasteiger partial charge in [0.25, 0.3) is 5.91 Å². The molecule has 0 atom stereocenters. The number of hydrogen-bond acceptors (Lipinski definition) is 8. The second kappa shape index (κ2) is 11.7. The highest BCUT2D eigenvalue weighted by atomic mass is 32.1. The van der Waals surface area contributed by atoms with E-state index in [0.717, 1.165) is 43.5 Å². The molecule has 1 aliphatic heterocycles. The van der Waals surface area contributed by atoms with Crippen LogP contribution in [0, 0.1) is 0 Å². The van der Waals surface area contributed by atoms with Crippen LogP contribution in [0.4, 0.5) is 5.69 Å². The Morgan fingerprint density at radius 2 is 1.87 bits per heavy atom. The molecular formula is C21H30N6O3S. The molecule has 1 fully saturated rings. The van der Waals surface area contributed by atoms with E-state index in [2.05, 4.69) is 37.7 Å². The first-order chi connectivity index (χ1) is 15.0. The van der Waals surface area contributed by atoms with Crippen LogP contribution in [0.25, 0.3) is 0 Å². The quantitative estimate of drug-likeness (QED) is 0.570. The van der Waals surface area contributed by atoms with Gasteiger partial charge >= 0.3 is 0 Å². The lowest BCUT2D eigenvalue weighted by molar-refractivity contribution is -0.121. The molecule has 1 aromatic carbocycles. The number of amides is 2. The molecule has 2 N–H and O–H groups in total. The molecule has 0 aliphatic carbocycles. The molecule has 3 rings (SSSR count). The number of nitrogens with one attached hydrogen (secondary N) is 2. The topological polar surface area (TPSA) is 99.7 Å². The lowest BCUT2D eigenvalue weighted by Gasteiger charge is -2.32. The number of likely N-dealkylation sites (N-methyl/N-ethyl adjacent to an activating group) is 1. The summed E-state index contributed by atoms with van der Waals surface area (Å²) in [6, 6.07) is 7.08. The summed E-state index contributed by atoms with van der Waals surface area (Å²) in [6.45, 7) is 5.83. The van der Waals surface area contributed by atoms with Crippen molar-refractivity contribution in [1.29, 1.82) is 0 Å². The van der Waals surface area contributed by atoms with E-state index in [9.17, 15) is 9.59 Å². The van der Waals surface area contributed by atoms with Crippen LogP contribution in [0.5, 0.6) is 5.75 Å². The fourth-order valence-corrected chi connectivity index (χ4v) is 4.00. The molecule has 0 unspecified atom stereocenters. The van der Waals surface area contributed by atoms with Gasteiger partial charge in [0.15, 0.2) is 0 Å². The normalized spacial score (nSPS) is 14.9. The summed E-state index contributed by atoms with van der Waals surface area (Å²) in [5.41, 5.74) is 0.663. The van der Waals surface area contributed by atoms with Gasteiger partial charge in [-0.25, -0.2) is 0 Å². The zero-order valence-electron chi connectivity index (χ0n) is 18.1. The lowest BCUT2D eigenvalue weighted by atomic mass is 10.2. The molecule has 2 aromatic rings. The van der Waals surface area contributed by atoms with Gasteiger partial charge in [-0.05, 0) is 37.7 Å². The van der Waals surface area contributed by atoms with E-state index in [-0.39, 0.29) is 11.8 Å². The number of piperazine rings is 1. The first-order valence-electron chi connectivity index (χ1n) is 10.5. The van der Waals surface area contributed by atoms with E-state index in [4.69, 9.17) is 4.74 Å². The van der Waals surface area contributed by atoms with E-state index >= 15 is 0 Å². The Labute approximate surface area is 186 Å². The molecule has 1 aromatic heterocycles. The van der Waals surface area contributed by atoms with Gasteiger partial charge in [-0.1, -0.05) is 11.3 Å². The lowest BCUT2D eigenvalue weighted by Crippen LogP contribution is -2.46. The number of anilines is 1. The number of benzene rings is 1. The largest absolute Gasteiger partial charge is 0.497 e. The maximum atomic E-state index is 12.3. The molecular weight excluding hydrogens is 416 g/mol. The number of aryl methyl sites for hydroxylation is 1. The zero-order valence-corrected chi connectivity index (χ0v) is 18.9. The van der Waals surface area contributed by atoms with Gasteiger partial charge < -0.3 is 20.3 Å². The highest BCUT2D eigenvalue weighted by Gasteiger charge is 2.15. The molecule has 1 aliphatic rings. The van der Waals surface area contributed by atoms with Crippen molar-refractivity contribution in [3.8, 4) is 5.75 Å². The van der Waals surface area contributed by atoms with Crippen LogP contribution in [-0.4, -0.2) is 85.2 Å². The summed E-state index contributed by atoms with van der Waals surface area (Å²) in [7, 11) is 3.72. The highest BCUT2D eigenvalue weighted by molar-refractivity contribution is 7.13. The van der Waals surface area contributed by atoms with E-state index < -0.39 is 0 Å². The summed E-state index contributed by atoms with van der Waals surface area (Å²) in [5, 5.41) is 14.9. The van der Waals surface area contributed by atoms with Crippen LogP contribution in [0.15, 0.2) is 24.3 Å². The van der Waals surface area contributed by atoms with Gasteiger partial charge in [-0.3, -0.25) is 14.5 Å². The predicted molar refractivity (Wildman–Crippen MR) is 121 cm³/mol. The third-order valence-electron chi connectivity index (χ3n) is 5.15. The second-order valence-electron chi connectivity index (χ2n) is 7.53. The van der Waals surface area contributed by atoms with Gasteiger partial charge in [0.1, 0.15) is 10.8 Å². The molecule has 0 spiro atoms. The number of carbonyl (C=O) groups excluding carboxylic acids is 2. The van der Waals surface area contributed by atoms with Crippen molar-refractivity contribution >= 4 is 28.8 Å². The maximum Gasteiger partial charge on any atom is 0.286 e. The number of ether oxygens (including phenoxy) is 1. The third kappa shape index (κ3) is 7.57. The fourth-order valence-electron chi connectivity index (χ4n) is 3.22. The van der Waals surface area contributed by atoms with Crippen molar-refractivity contribution in [3.05, 3.63) is 34.3 Å². The first kappa shape index (κ1) is 23.1. The van der Waals surface area contributed by atoms with Gasteiger partial charge in [-0.2, -0.15) is 0 Å². The molecule has 2 heterocycles. The van der Waals surface area contributed by atoms with Crippen LogP contribution >= 0.6 is 11.3 Å². The average Bonchev–Trinajstić information content (AvgIpc) is 3.25. The van der Waals surface area contributed by atoms with E-state index in [1.54, 1.807) is 31.4 Å². The molecule has 0 saturated carbocycles. The molecule has 168 valence electrons. The summed E-state index contributed by atoms with van der Waals surface area (Å²) in [6.07, 6.45) is 1.74. The molecule has 0 radical (unpaired) electrons. The summed E-state index contributed by atoms with van der Waals surface area (Å²) in [5.74, 6) is 0.478. The standard InChI is InChI=1S/C21H30N6O3S/c1-26-12-14-27(15-13-26)11-10-22-18(28)4-3-5-19-24-25-21(31-19)20(29)23-16-6-8-17(30-2)9-7-16/h6-9H,3-5,10-15H2,1-2H3,(H,22,28)(H,23,29). The highest BCUT2D eigenvalue weighted by Crippen LogP contribution is 2.18. The smallest absolute Gasteiger partial charge is 0.286 e. The van der Waals surface area contributed by atoms with Gasteiger partial charge in [-0.15, -0.1) is 10.2 Å². The minimum Gasteiger partial charge on any atom is -0.497 e. The fraction of sp³-hybridized carbons (Fsp3) is 0.524. The molecule has 31 heavy (non-hydrogen) atoms. The van der Waals surface area contributed by atoms with Crippen molar-refractivity contribution in [2.24, 2.45) is 0 Å². The summed E-state index contributed by atoms with van der Waals surface area (Å²) in [4.78, 5) is 29.1. The Morgan fingerprint density at radius 3 is 2.58 bits per heavy atom. The minimum absolute atomic E-state index is 0.0520. The average molecular weight is 447 g/mol. The SMILES string of the molecule is COc1ccc(NC(=O)c2nnc(CCCC(=O)NCCN3CCN(C)CC3)s2)cc1. The third-order valence-corrected chi connectivity index (χ3v) is 6.13. The van der Waals surface area contributed by atoms with Crippen molar-refractivity contribution in [1.82, 2.24) is 25.3 Å². The Hall–Kier alpha value is -2.56. The molecule has 10 heteroatoms. The van der Waals surface area contributed by atoms with Crippen molar-refractivity contribution in [3.63, 3.8) is 0 Å². The Morgan fingerprint density at radius 1 is 1.13 bits per heavy atom. The van der Waals surface area contributed by atoms with Gasteiger partial charge in [0, 0.05) is 57.8 Å². The maximum absolute atomic E-state index is 12.3. The van der Waals surface area contributed by atoms with Crippen LogP contribution in [0.1, 0.15) is 27.7 Å². The van der Waals surface area contributed by atoms with E-state index in [1.807, 2.05) is 0 Å². The number of hydrogen-bond donors (Lipinski definition) is 2. The van der Waals surface area contributed by atoms with Crippen LogP contribution in [0.3, 0.4) is 0 Å². The number of aromatic nitrogens is 2. The van der Waals surface area contributed by atoms with Crippen LogP contribution in [-0.2, 0) is 11.2 Å². The van der Waals surface area contributed by atoms with Gasteiger partial charge in [0.2, 0.25) is 10.9 Å². The number of carbonyl (C=O) groups is 2. The van der Waals surface area contributed by atoms with Crippen molar-refractivity contribution in [2.45, 2.75) is 19.3 Å². The number of nitrogens with zero attached hydrogens (tertiary/aromatic N) is 4. The Kier molecular flexibility index (Phi) is 8.74. The second-order valence-corrected chi connectivity index (χ2v) is 8.59. The first-order valence-corrected chi connectivity index (χ1v) is 11.3. The zero-order chi connectivity index (χ0) is 22.1. The van der Waals surface area contributed by atoms with Gasteiger partial charge in [0.05, 0.1) is 7.11 Å².